The zero-order valence-corrected chi connectivity index (χ0v) is 13.8. The highest BCUT2D eigenvalue weighted by Crippen LogP contribution is 2.23. The topological polar surface area (TPSA) is 72.9 Å². The van der Waals surface area contributed by atoms with Gasteiger partial charge in [0, 0.05) is 25.7 Å². The zero-order chi connectivity index (χ0) is 16.2. The van der Waals surface area contributed by atoms with Crippen molar-refractivity contribution in [2.75, 3.05) is 33.7 Å². The SMILES string of the molecule is CC1CC(C(=O)O)CCN1C(=O)NCC(C)(C)CN(C)C. The number of carbonyl (C=O) groups excluding carboxylic acids is 1. The average molecular weight is 299 g/mol. The maximum absolute atomic E-state index is 12.3. The molecule has 6 heteroatoms. The lowest BCUT2D eigenvalue weighted by atomic mass is 9.91. The Kier molecular flexibility index (Phi) is 6.01. The summed E-state index contributed by atoms with van der Waals surface area (Å²) >= 11 is 0. The van der Waals surface area contributed by atoms with E-state index in [1.54, 1.807) is 4.90 Å². The molecule has 2 amide bonds. The van der Waals surface area contributed by atoms with Gasteiger partial charge in [-0.2, -0.15) is 0 Å². The molecular formula is C15H29N3O3. The summed E-state index contributed by atoms with van der Waals surface area (Å²) in [6.07, 6.45) is 1.07. The Morgan fingerprint density at radius 2 is 2.00 bits per heavy atom. The molecule has 2 atom stereocenters. The van der Waals surface area contributed by atoms with Crippen molar-refractivity contribution in [2.45, 2.75) is 39.7 Å². The number of urea groups is 1. The summed E-state index contributed by atoms with van der Waals surface area (Å²) < 4.78 is 0. The lowest BCUT2D eigenvalue weighted by molar-refractivity contribution is -0.143. The fraction of sp³-hybridized carbons (Fsp3) is 0.867. The minimum Gasteiger partial charge on any atom is -0.481 e. The van der Waals surface area contributed by atoms with E-state index in [1.807, 2.05) is 21.0 Å². The first-order valence-corrected chi connectivity index (χ1v) is 7.54. The third-order valence-corrected chi connectivity index (χ3v) is 3.95. The van der Waals surface area contributed by atoms with Gasteiger partial charge in [0.15, 0.2) is 0 Å². The van der Waals surface area contributed by atoms with Gasteiger partial charge in [0.25, 0.3) is 0 Å². The number of hydrogen-bond donors (Lipinski definition) is 2. The van der Waals surface area contributed by atoms with Crippen molar-refractivity contribution < 1.29 is 14.7 Å². The van der Waals surface area contributed by atoms with E-state index in [4.69, 9.17) is 5.11 Å². The fourth-order valence-electron chi connectivity index (χ4n) is 3.03. The molecule has 1 fully saturated rings. The van der Waals surface area contributed by atoms with E-state index < -0.39 is 5.97 Å². The highest BCUT2D eigenvalue weighted by Gasteiger charge is 2.32. The number of nitrogens with zero attached hydrogens (tertiary/aromatic N) is 2. The summed E-state index contributed by atoms with van der Waals surface area (Å²) in [5, 5.41) is 12.0. The lowest BCUT2D eigenvalue weighted by Crippen LogP contribution is -2.52. The summed E-state index contributed by atoms with van der Waals surface area (Å²) in [6.45, 7) is 8.16. The molecule has 1 heterocycles. The molecule has 122 valence electrons. The average Bonchev–Trinajstić information content (AvgIpc) is 2.34. The summed E-state index contributed by atoms with van der Waals surface area (Å²) in [4.78, 5) is 27.1. The van der Waals surface area contributed by atoms with Crippen LogP contribution in [0, 0.1) is 11.3 Å². The second-order valence-electron chi connectivity index (χ2n) is 7.16. The maximum atomic E-state index is 12.3. The van der Waals surface area contributed by atoms with Crippen LogP contribution in [0.15, 0.2) is 0 Å². The van der Waals surface area contributed by atoms with Gasteiger partial charge in [-0.15, -0.1) is 0 Å². The number of amides is 2. The van der Waals surface area contributed by atoms with Crippen molar-refractivity contribution in [3.8, 4) is 0 Å². The van der Waals surface area contributed by atoms with Crippen LogP contribution in [-0.2, 0) is 4.79 Å². The first kappa shape index (κ1) is 17.8. The van der Waals surface area contributed by atoms with Gasteiger partial charge in [-0.25, -0.2) is 4.79 Å². The summed E-state index contributed by atoms with van der Waals surface area (Å²) in [5.41, 5.74) is 0.00177. The minimum atomic E-state index is -0.756. The quantitative estimate of drug-likeness (QED) is 0.806. The van der Waals surface area contributed by atoms with Gasteiger partial charge in [-0.05, 0) is 39.3 Å². The van der Waals surface area contributed by atoms with Gasteiger partial charge in [0.1, 0.15) is 0 Å². The second-order valence-corrected chi connectivity index (χ2v) is 7.16. The third-order valence-electron chi connectivity index (χ3n) is 3.95. The van der Waals surface area contributed by atoms with Gasteiger partial charge < -0.3 is 20.2 Å². The van der Waals surface area contributed by atoms with Gasteiger partial charge >= 0.3 is 12.0 Å². The molecule has 0 aromatic rings. The molecule has 0 spiro atoms. The molecule has 0 aromatic carbocycles. The van der Waals surface area contributed by atoms with Crippen LogP contribution in [0.5, 0.6) is 0 Å². The smallest absolute Gasteiger partial charge is 0.317 e. The number of nitrogens with one attached hydrogen (secondary N) is 1. The van der Waals surface area contributed by atoms with E-state index in [0.717, 1.165) is 6.54 Å². The minimum absolute atomic E-state index is 0.00177. The second kappa shape index (κ2) is 7.11. The highest BCUT2D eigenvalue weighted by molar-refractivity contribution is 5.75. The molecule has 2 N–H and O–H groups in total. The van der Waals surface area contributed by atoms with Crippen molar-refractivity contribution in [3.05, 3.63) is 0 Å². The normalized spacial score (nSPS) is 23.2. The Balaban J connectivity index is 2.48. The molecule has 1 aliphatic heterocycles. The summed E-state index contributed by atoms with van der Waals surface area (Å²) in [6, 6.07) is -0.116. The van der Waals surface area contributed by atoms with E-state index in [1.165, 1.54) is 0 Å². The van der Waals surface area contributed by atoms with Crippen LogP contribution in [0.3, 0.4) is 0 Å². The van der Waals surface area contributed by atoms with Crippen molar-refractivity contribution in [1.82, 2.24) is 15.1 Å². The van der Waals surface area contributed by atoms with Crippen molar-refractivity contribution >= 4 is 12.0 Å². The number of hydrogen-bond acceptors (Lipinski definition) is 3. The number of carbonyl (C=O) groups is 2. The summed E-state index contributed by atoms with van der Waals surface area (Å²) in [7, 11) is 4.03. The van der Waals surface area contributed by atoms with Gasteiger partial charge in [0.05, 0.1) is 5.92 Å². The first-order valence-electron chi connectivity index (χ1n) is 7.54. The Morgan fingerprint density at radius 3 is 2.48 bits per heavy atom. The lowest BCUT2D eigenvalue weighted by Gasteiger charge is -2.37. The Hall–Kier alpha value is -1.30. The Bertz CT molecular complexity index is 382. The molecule has 0 aromatic heterocycles. The molecule has 1 saturated heterocycles. The monoisotopic (exact) mass is 299 g/mol. The van der Waals surface area contributed by atoms with Crippen LogP contribution in [0.25, 0.3) is 0 Å². The predicted octanol–water partition coefficient (Wildman–Crippen LogP) is 1.47. The molecule has 0 saturated carbocycles. The molecule has 2 unspecified atom stereocenters. The number of piperidine rings is 1. The molecule has 0 radical (unpaired) electrons. The molecule has 0 bridgehead atoms. The Labute approximate surface area is 127 Å². The van der Waals surface area contributed by atoms with Gasteiger partial charge in [-0.1, -0.05) is 13.8 Å². The van der Waals surface area contributed by atoms with Crippen molar-refractivity contribution in [2.24, 2.45) is 11.3 Å². The Morgan fingerprint density at radius 1 is 1.38 bits per heavy atom. The maximum Gasteiger partial charge on any atom is 0.317 e. The highest BCUT2D eigenvalue weighted by atomic mass is 16.4. The number of rotatable bonds is 5. The largest absolute Gasteiger partial charge is 0.481 e. The molecule has 0 aliphatic carbocycles. The van der Waals surface area contributed by atoms with E-state index in [0.29, 0.717) is 25.9 Å². The van der Waals surface area contributed by atoms with Crippen LogP contribution >= 0.6 is 0 Å². The van der Waals surface area contributed by atoms with E-state index in [-0.39, 0.29) is 23.4 Å². The number of aliphatic carboxylic acids is 1. The van der Waals surface area contributed by atoms with E-state index >= 15 is 0 Å². The number of carboxylic acid groups (broad SMARTS) is 1. The fourth-order valence-corrected chi connectivity index (χ4v) is 3.03. The predicted molar refractivity (Wildman–Crippen MR) is 82.3 cm³/mol. The molecule has 6 nitrogen and oxygen atoms in total. The molecular weight excluding hydrogens is 270 g/mol. The van der Waals surface area contributed by atoms with E-state index in [2.05, 4.69) is 24.1 Å². The van der Waals surface area contributed by atoms with Crippen molar-refractivity contribution in [1.29, 1.82) is 0 Å². The summed E-state index contributed by atoms with van der Waals surface area (Å²) in [5.74, 6) is -1.08. The van der Waals surface area contributed by atoms with Crippen LogP contribution in [0.2, 0.25) is 0 Å². The molecule has 1 rings (SSSR count). The van der Waals surface area contributed by atoms with Crippen LogP contribution in [0.1, 0.15) is 33.6 Å². The van der Waals surface area contributed by atoms with Gasteiger partial charge in [0.2, 0.25) is 0 Å². The van der Waals surface area contributed by atoms with Crippen molar-refractivity contribution in [3.63, 3.8) is 0 Å². The number of likely N-dealkylation sites (tertiary alicyclic amines) is 1. The third kappa shape index (κ3) is 5.53. The van der Waals surface area contributed by atoms with Crippen LogP contribution in [0.4, 0.5) is 4.79 Å². The zero-order valence-electron chi connectivity index (χ0n) is 13.8. The first-order chi connectivity index (χ1) is 9.62. The number of carboxylic acids is 1. The van der Waals surface area contributed by atoms with Gasteiger partial charge in [-0.3, -0.25) is 4.79 Å². The standard InChI is InChI=1S/C15H29N3O3/c1-11-8-12(13(19)20)6-7-18(11)14(21)16-9-15(2,3)10-17(4)5/h11-12H,6-10H2,1-5H3,(H,16,21)(H,19,20). The van der Waals surface area contributed by atoms with Crippen LogP contribution < -0.4 is 5.32 Å². The van der Waals surface area contributed by atoms with E-state index in [9.17, 15) is 9.59 Å². The molecule has 21 heavy (non-hydrogen) atoms. The van der Waals surface area contributed by atoms with Crippen LogP contribution in [-0.4, -0.2) is 66.7 Å². The molecule has 1 aliphatic rings.